The Morgan fingerprint density at radius 3 is 2.64 bits per heavy atom. The van der Waals surface area contributed by atoms with E-state index in [0.717, 1.165) is 28.9 Å². The van der Waals surface area contributed by atoms with Crippen LogP contribution in [0, 0.1) is 0 Å². The summed E-state index contributed by atoms with van der Waals surface area (Å²) in [6, 6.07) is 15.9. The summed E-state index contributed by atoms with van der Waals surface area (Å²) in [5.41, 5.74) is 3.96. The number of fused-ring (bicyclic) bond motifs is 1. The van der Waals surface area contributed by atoms with Crippen LogP contribution >= 0.6 is 0 Å². The molecule has 0 unspecified atom stereocenters. The third-order valence-corrected chi connectivity index (χ3v) is 4.72. The molecule has 0 atom stereocenters. The number of nitrogens with one attached hydrogen (secondary N) is 1. The Kier molecular flexibility index (Phi) is 4.90. The molecule has 2 N–H and O–H groups in total. The molecule has 0 spiro atoms. The number of aliphatic hydroxyl groups is 1. The number of β-amino-alcohol motifs (C(OH)–C–C–N with tert-alkyl or cyclic N) is 1. The summed E-state index contributed by atoms with van der Waals surface area (Å²) in [6.07, 6.45) is 3.97. The number of anilines is 1. The first-order chi connectivity index (χ1) is 13.7. The minimum Gasteiger partial charge on any atom is -0.395 e. The van der Waals surface area contributed by atoms with Gasteiger partial charge in [0.1, 0.15) is 5.70 Å². The van der Waals surface area contributed by atoms with Crippen LogP contribution in [-0.4, -0.2) is 44.5 Å². The number of benzene rings is 2. The van der Waals surface area contributed by atoms with Crippen LogP contribution in [0.4, 0.5) is 5.69 Å². The van der Waals surface area contributed by atoms with Crippen molar-refractivity contribution >= 4 is 28.5 Å². The third-order valence-electron chi connectivity index (χ3n) is 4.72. The maximum atomic E-state index is 12.2. The second-order valence-electron chi connectivity index (χ2n) is 6.58. The summed E-state index contributed by atoms with van der Waals surface area (Å²) in [7, 11) is 0. The number of nitrogens with zero attached hydrogens (tertiary/aromatic N) is 3. The largest absolute Gasteiger partial charge is 0.395 e. The Morgan fingerprint density at radius 2 is 1.86 bits per heavy atom. The lowest BCUT2D eigenvalue weighted by molar-refractivity contribution is -0.137. The molecule has 2 aromatic carbocycles. The molecule has 28 heavy (non-hydrogen) atoms. The quantitative estimate of drug-likeness (QED) is 0.616. The lowest BCUT2D eigenvalue weighted by Crippen LogP contribution is -2.34. The normalized spacial score (nSPS) is 14.0. The van der Waals surface area contributed by atoms with Crippen molar-refractivity contribution in [3.63, 3.8) is 0 Å². The maximum absolute atomic E-state index is 12.2. The van der Waals surface area contributed by atoms with Gasteiger partial charge >= 0.3 is 0 Å². The van der Waals surface area contributed by atoms with Gasteiger partial charge in [0, 0.05) is 18.3 Å². The molecule has 1 aromatic heterocycles. The molecule has 1 aliphatic rings. The van der Waals surface area contributed by atoms with Gasteiger partial charge in [0.2, 0.25) is 0 Å². The Labute approximate surface area is 161 Å². The number of carbonyl (C=O) groups is 2. The van der Waals surface area contributed by atoms with Crippen molar-refractivity contribution in [2.75, 3.05) is 18.5 Å². The van der Waals surface area contributed by atoms with Gasteiger partial charge in [-0.15, -0.1) is 0 Å². The first kappa shape index (κ1) is 17.9. The average molecular weight is 376 g/mol. The van der Waals surface area contributed by atoms with Gasteiger partial charge in [0.15, 0.2) is 0 Å². The number of imide groups is 1. The number of amides is 2. The van der Waals surface area contributed by atoms with E-state index in [0.29, 0.717) is 5.69 Å². The SMILES string of the molecule is O=C1C=C(Nc2ccc3c(c2)ncn3CCc2ccccc2)C(=O)N1CCO. The minimum atomic E-state index is -0.437. The summed E-state index contributed by atoms with van der Waals surface area (Å²) >= 11 is 0. The molecule has 0 saturated carbocycles. The van der Waals surface area contributed by atoms with Crippen LogP contribution in [0.2, 0.25) is 0 Å². The Bertz CT molecular complexity index is 1060. The maximum Gasteiger partial charge on any atom is 0.277 e. The standard InChI is InChI=1S/C21H20N4O3/c26-11-10-25-20(27)13-18(21(25)28)23-16-6-7-19-17(12-16)22-14-24(19)9-8-15-4-2-1-3-5-15/h1-7,12-14,23,26H,8-11H2. The zero-order valence-corrected chi connectivity index (χ0v) is 15.2. The van der Waals surface area contributed by atoms with Crippen LogP contribution < -0.4 is 5.32 Å². The van der Waals surface area contributed by atoms with Crippen molar-refractivity contribution in [3.05, 3.63) is 72.2 Å². The highest BCUT2D eigenvalue weighted by Crippen LogP contribution is 2.22. The molecular formula is C21H20N4O3. The van der Waals surface area contributed by atoms with Crippen LogP contribution in [0.3, 0.4) is 0 Å². The van der Waals surface area contributed by atoms with Crippen molar-refractivity contribution in [2.45, 2.75) is 13.0 Å². The molecule has 1 aliphatic heterocycles. The van der Waals surface area contributed by atoms with Crippen molar-refractivity contribution in [1.29, 1.82) is 0 Å². The van der Waals surface area contributed by atoms with E-state index in [1.807, 2.05) is 42.7 Å². The van der Waals surface area contributed by atoms with Gasteiger partial charge in [-0.25, -0.2) is 4.98 Å². The van der Waals surface area contributed by atoms with Gasteiger partial charge in [-0.1, -0.05) is 30.3 Å². The van der Waals surface area contributed by atoms with E-state index in [-0.39, 0.29) is 18.8 Å². The smallest absolute Gasteiger partial charge is 0.277 e. The fourth-order valence-corrected chi connectivity index (χ4v) is 3.28. The molecule has 7 heteroatoms. The number of aliphatic hydroxyl groups excluding tert-OH is 1. The topological polar surface area (TPSA) is 87.5 Å². The number of aryl methyl sites for hydroxylation is 2. The number of rotatable bonds is 7. The summed E-state index contributed by atoms with van der Waals surface area (Å²) in [5, 5.41) is 12.0. The van der Waals surface area contributed by atoms with Crippen molar-refractivity contribution in [2.24, 2.45) is 0 Å². The second kappa shape index (κ2) is 7.66. The molecule has 4 rings (SSSR count). The highest BCUT2D eigenvalue weighted by atomic mass is 16.3. The number of imidazole rings is 1. The summed E-state index contributed by atoms with van der Waals surface area (Å²) in [6.45, 7) is 0.552. The van der Waals surface area contributed by atoms with Crippen LogP contribution in [0.1, 0.15) is 5.56 Å². The van der Waals surface area contributed by atoms with Crippen LogP contribution in [0.5, 0.6) is 0 Å². The van der Waals surface area contributed by atoms with Crippen LogP contribution in [0.15, 0.2) is 66.6 Å². The number of aromatic nitrogens is 2. The van der Waals surface area contributed by atoms with Crippen LogP contribution in [-0.2, 0) is 22.6 Å². The first-order valence-electron chi connectivity index (χ1n) is 9.10. The molecule has 2 amide bonds. The van der Waals surface area contributed by atoms with Crippen molar-refractivity contribution in [1.82, 2.24) is 14.5 Å². The molecule has 142 valence electrons. The van der Waals surface area contributed by atoms with Gasteiger partial charge in [-0.2, -0.15) is 0 Å². The molecule has 0 radical (unpaired) electrons. The predicted octanol–water partition coefficient (Wildman–Crippen LogP) is 1.94. The number of hydrogen-bond acceptors (Lipinski definition) is 5. The highest BCUT2D eigenvalue weighted by Gasteiger charge is 2.30. The van der Waals surface area contributed by atoms with E-state index in [4.69, 9.17) is 5.11 Å². The fraction of sp³-hybridized carbons (Fsp3) is 0.190. The first-order valence-corrected chi connectivity index (χ1v) is 9.10. The van der Waals surface area contributed by atoms with Crippen molar-refractivity contribution in [3.8, 4) is 0 Å². The minimum absolute atomic E-state index is 0.00972. The van der Waals surface area contributed by atoms with Gasteiger partial charge in [-0.3, -0.25) is 14.5 Å². The predicted molar refractivity (Wildman–Crippen MR) is 105 cm³/mol. The Morgan fingerprint density at radius 1 is 1.04 bits per heavy atom. The fourth-order valence-electron chi connectivity index (χ4n) is 3.28. The molecule has 7 nitrogen and oxygen atoms in total. The molecule has 0 saturated heterocycles. The Hall–Kier alpha value is -3.45. The third kappa shape index (κ3) is 3.52. The molecule has 0 aliphatic carbocycles. The van der Waals surface area contributed by atoms with E-state index in [9.17, 15) is 9.59 Å². The monoisotopic (exact) mass is 376 g/mol. The number of carbonyl (C=O) groups excluding carboxylic acids is 2. The molecule has 0 fully saturated rings. The van der Waals surface area contributed by atoms with E-state index < -0.39 is 11.8 Å². The lowest BCUT2D eigenvalue weighted by atomic mass is 10.1. The molecule has 3 aromatic rings. The highest BCUT2D eigenvalue weighted by molar-refractivity contribution is 6.17. The molecular weight excluding hydrogens is 356 g/mol. The summed E-state index contributed by atoms with van der Waals surface area (Å²) in [4.78, 5) is 29.5. The second-order valence-corrected chi connectivity index (χ2v) is 6.58. The van der Waals surface area contributed by atoms with Gasteiger partial charge in [0.05, 0.1) is 30.5 Å². The van der Waals surface area contributed by atoms with Gasteiger partial charge in [-0.05, 0) is 30.2 Å². The molecule has 2 heterocycles. The number of hydrogen-bond donors (Lipinski definition) is 2. The van der Waals surface area contributed by atoms with E-state index >= 15 is 0 Å². The molecule has 0 bridgehead atoms. The van der Waals surface area contributed by atoms with E-state index in [1.165, 1.54) is 11.6 Å². The summed E-state index contributed by atoms with van der Waals surface area (Å²) in [5.74, 6) is -0.861. The van der Waals surface area contributed by atoms with E-state index in [2.05, 4.69) is 27.0 Å². The van der Waals surface area contributed by atoms with E-state index in [1.54, 1.807) is 0 Å². The van der Waals surface area contributed by atoms with Gasteiger partial charge < -0.3 is 15.0 Å². The Balaban J connectivity index is 1.48. The van der Waals surface area contributed by atoms with Gasteiger partial charge in [0.25, 0.3) is 11.8 Å². The summed E-state index contributed by atoms with van der Waals surface area (Å²) < 4.78 is 2.10. The average Bonchev–Trinajstić information content (AvgIpc) is 3.23. The zero-order chi connectivity index (χ0) is 19.5. The van der Waals surface area contributed by atoms with Crippen molar-refractivity contribution < 1.29 is 14.7 Å². The van der Waals surface area contributed by atoms with Crippen LogP contribution in [0.25, 0.3) is 11.0 Å². The lowest BCUT2D eigenvalue weighted by Gasteiger charge is -2.13. The zero-order valence-electron chi connectivity index (χ0n) is 15.2.